The number of hydrogen-bond donors (Lipinski definition) is 2. The van der Waals surface area contributed by atoms with Gasteiger partial charge in [-0.2, -0.15) is 4.99 Å². The summed E-state index contributed by atoms with van der Waals surface area (Å²) in [6.45, 7) is 5.84. The number of aliphatic imine (C=N–C) groups is 1. The van der Waals surface area contributed by atoms with E-state index >= 15 is 0 Å². The van der Waals surface area contributed by atoms with E-state index in [0.29, 0.717) is 17.8 Å². The Morgan fingerprint density at radius 3 is 2.51 bits per heavy atom. The number of fused-ring (bicyclic) bond motifs is 1. The second-order valence-corrected chi connectivity index (χ2v) is 10.8. The second kappa shape index (κ2) is 12.4. The number of hydrogen-bond acceptors (Lipinski definition) is 5. The lowest BCUT2D eigenvalue weighted by Gasteiger charge is -2.36. The molecule has 2 heterocycles. The van der Waals surface area contributed by atoms with Gasteiger partial charge in [0, 0.05) is 55.3 Å². The third kappa shape index (κ3) is 6.54. The third-order valence-electron chi connectivity index (χ3n) is 7.96. The predicted octanol–water partition coefficient (Wildman–Crippen LogP) is 3.32. The number of nitrogens with zero attached hydrogens (tertiary/aromatic N) is 3. The van der Waals surface area contributed by atoms with Gasteiger partial charge in [0.1, 0.15) is 11.7 Å². The summed E-state index contributed by atoms with van der Waals surface area (Å²) in [4.78, 5) is 34.9. The number of amidine groups is 1. The van der Waals surface area contributed by atoms with Crippen LogP contribution in [0.1, 0.15) is 54.1 Å². The van der Waals surface area contributed by atoms with Crippen molar-refractivity contribution in [3.63, 3.8) is 0 Å². The Hall–Kier alpha value is -3.14. The molecule has 0 spiro atoms. The van der Waals surface area contributed by atoms with Crippen LogP contribution in [0.2, 0.25) is 0 Å². The molecule has 1 atom stereocenters. The molecule has 0 bridgehead atoms. The summed E-state index contributed by atoms with van der Waals surface area (Å²) in [6.07, 6.45) is 3.60. The Bertz CT molecular complexity index is 1200. The van der Waals surface area contributed by atoms with Crippen molar-refractivity contribution in [1.82, 2.24) is 10.2 Å². The fourth-order valence-electron chi connectivity index (χ4n) is 5.77. The Morgan fingerprint density at radius 1 is 1.10 bits per heavy atom. The predicted molar refractivity (Wildman–Crippen MR) is 147 cm³/mol. The molecule has 1 saturated heterocycles. The van der Waals surface area contributed by atoms with Gasteiger partial charge in [-0.3, -0.25) is 14.5 Å². The maximum atomic E-state index is 13.4. The van der Waals surface area contributed by atoms with Crippen molar-refractivity contribution >= 4 is 23.3 Å². The van der Waals surface area contributed by atoms with E-state index in [1.807, 2.05) is 0 Å². The first-order valence-corrected chi connectivity index (χ1v) is 13.9. The highest BCUT2D eigenvalue weighted by Crippen LogP contribution is 2.38. The molecule has 3 aliphatic rings. The second-order valence-electron chi connectivity index (χ2n) is 10.8. The minimum atomic E-state index is -0.393. The van der Waals surface area contributed by atoms with Crippen LogP contribution in [-0.4, -0.2) is 72.7 Å². The normalized spacial score (nSPS) is 23.5. The Kier molecular flexibility index (Phi) is 8.69. The summed E-state index contributed by atoms with van der Waals surface area (Å²) < 4.78 is 18.9. The monoisotopic (exact) mass is 536 g/mol. The van der Waals surface area contributed by atoms with Crippen molar-refractivity contribution in [2.45, 2.75) is 57.7 Å². The molecule has 0 aromatic heterocycles. The summed E-state index contributed by atoms with van der Waals surface area (Å²) >= 11 is 0. The van der Waals surface area contributed by atoms with Crippen LogP contribution < -0.4 is 10.2 Å². The van der Waals surface area contributed by atoms with Crippen LogP contribution in [0.3, 0.4) is 0 Å². The molecule has 1 saturated carbocycles. The quantitative estimate of drug-likeness (QED) is 0.564. The van der Waals surface area contributed by atoms with E-state index in [2.05, 4.69) is 38.3 Å². The Balaban J connectivity index is 1.38. The van der Waals surface area contributed by atoms with Gasteiger partial charge in [0.15, 0.2) is 0 Å². The number of benzene rings is 2. The standard InChI is InChI=1S/C30H37FN4O4/c1-20(19-36)32-29(37)23-6-10-26(11-7-23)35-27-16-21(18-34-12-14-39-15-13-34)2-3-24(27)17-28(35)33-30(38)22-4-8-25(31)9-5-22/h2-5,8-9,16,20,23,26,36H,6-7,10-15,17-19H2,1H3,(H,32,37)/t20-,23?,26?/m1/s1. The lowest BCUT2D eigenvalue weighted by atomic mass is 9.84. The van der Waals surface area contributed by atoms with Crippen LogP contribution >= 0.6 is 0 Å². The van der Waals surface area contributed by atoms with Crippen molar-refractivity contribution in [2.24, 2.45) is 10.9 Å². The number of aliphatic hydroxyl groups is 1. The van der Waals surface area contributed by atoms with Gasteiger partial charge in [-0.25, -0.2) is 4.39 Å². The Morgan fingerprint density at radius 2 is 1.82 bits per heavy atom. The lowest BCUT2D eigenvalue weighted by Crippen LogP contribution is -2.45. The first-order chi connectivity index (χ1) is 18.9. The molecule has 8 nitrogen and oxygen atoms in total. The average Bonchev–Trinajstić information content (AvgIpc) is 3.30. The van der Waals surface area contributed by atoms with Gasteiger partial charge in [-0.15, -0.1) is 0 Å². The molecule has 9 heteroatoms. The Labute approximate surface area is 228 Å². The largest absolute Gasteiger partial charge is 0.394 e. The SMILES string of the molecule is C[C@H](CO)NC(=O)C1CCC(N2C(=NC(=O)c3ccc(F)cc3)Cc3ccc(CN4CCOCC4)cc32)CC1. The van der Waals surface area contributed by atoms with Crippen molar-refractivity contribution in [3.05, 3.63) is 65.0 Å². The van der Waals surface area contributed by atoms with Crippen LogP contribution in [0, 0.1) is 11.7 Å². The number of morpholine rings is 1. The van der Waals surface area contributed by atoms with E-state index in [0.717, 1.165) is 69.8 Å². The molecule has 208 valence electrons. The van der Waals surface area contributed by atoms with E-state index in [1.165, 1.54) is 29.8 Å². The van der Waals surface area contributed by atoms with Gasteiger partial charge < -0.3 is 20.1 Å². The summed E-state index contributed by atoms with van der Waals surface area (Å²) in [5.74, 6) is -0.181. The first kappa shape index (κ1) is 27.4. The number of rotatable bonds is 7. The van der Waals surface area contributed by atoms with Crippen molar-refractivity contribution in [1.29, 1.82) is 0 Å². The molecule has 0 radical (unpaired) electrons. The topological polar surface area (TPSA) is 94.5 Å². The number of ether oxygens (including phenoxy) is 1. The average molecular weight is 537 g/mol. The zero-order valence-corrected chi connectivity index (χ0v) is 22.4. The molecule has 2 aromatic rings. The molecule has 2 N–H and O–H groups in total. The van der Waals surface area contributed by atoms with Crippen LogP contribution in [0.4, 0.5) is 10.1 Å². The highest BCUT2D eigenvalue weighted by molar-refractivity contribution is 6.12. The number of halogens is 1. The van der Waals surface area contributed by atoms with Crippen molar-refractivity contribution in [3.8, 4) is 0 Å². The third-order valence-corrected chi connectivity index (χ3v) is 7.96. The van der Waals surface area contributed by atoms with Gasteiger partial charge in [0.25, 0.3) is 5.91 Å². The van der Waals surface area contributed by atoms with E-state index in [9.17, 15) is 19.1 Å². The first-order valence-electron chi connectivity index (χ1n) is 13.9. The maximum absolute atomic E-state index is 13.4. The molecule has 2 amide bonds. The van der Waals surface area contributed by atoms with Crippen LogP contribution in [-0.2, 0) is 22.5 Å². The van der Waals surface area contributed by atoms with Crippen molar-refractivity contribution in [2.75, 3.05) is 37.8 Å². The number of amides is 2. The molecule has 1 aliphatic carbocycles. The molecule has 2 aromatic carbocycles. The molecular weight excluding hydrogens is 499 g/mol. The number of aliphatic hydroxyl groups excluding tert-OH is 1. The van der Waals surface area contributed by atoms with Gasteiger partial charge in [0.05, 0.1) is 19.8 Å². The summed E-state index contributed by atoms with van der Waals surface area (Å²) in [5, 5.41) is 12.2. The van der Waals surface area contributed by atoms with Crippen LogP contribution in [0.15, 0.2) is 47.5 Å². The summed E-state index contributed by atoms with van der Waals surface area (Å²) in [6, 6.07) is 11.8. The smallest absolute Gasteiger partial charge is 0.278 e. The highest BCUT2D eigenvalue weighted by Gasteiger charge is 2.36. The van der Waals surface area contributed by atoms with E-state index in [4.69, 9.17) is 4.74 Å². The summed E-state index contributed by atoms with van der Waals surface area (Å²) in [7, 11) is 0. The summed E-state index contributed by atoms with van der Waals surface area (Å²) in [5.41, 5.74) is 3.76. The fourth-order valence-corrected chi connectivity index (χ4v) is 5.77. The van der Waals surface area contributed by atoms with Gasteiger partial charge in [-0.1, -0.05) is 12.1 Å². The minimum Gasteiger partial charge on any atom is -0.394 e. The number of anilines is 1. The zero-order chi connectivity index (χ0) is 27.4. The van der Waals surface area contributed by atoms with E-state index in [1.54, 1.807) is 6.92 Å². The fraction of sp³-hybridized carbons (Fsp3) is 0.500. The highest BCUT2D eigenvalue weighted by atomic mass is 19.1. The van der Waals surface area contributed by atoms with Crippen molar-refractivity contribution < 1.29 is 23.8 Å². The van der Waals surface area contributed by atoms with Crippen LogP contribution in [0.5, 0.6) is 0 Å². The molecular formula is C30H37FN4O4. The molecule has 39 heavy (non-hydrogen) atoms. The molecule has 2 aliphatic heterocycles. The molecule has 2 fully saturated rings. The number of nitrogens with one attached hydrogen (secondary N) is 1. The lowest BCUT2D eigenvalue weighted by molar-refractivity contribution is -0.126. The number of carbonyl (C=O) groups is 2. The van der Waals surface area contributed by atoms with Crippen LogP contribution in [0.25, 0.3) is 0 Å². The van der Waals surface area contributed by atoms with Gasteiger partial charge >= 0.3 is 0 Å². The van der Waals surface area contributed by atoms with E-state index < -0.39 is 5.82 Å². The van der Waals surface area contributed by atoms with Gasteiger partial charge in [-0.05, 0) is 74.1 Å². The number of carbonyl (C=O) groups excluding carboxylic acids is 2. The maximum Gasteiger partial charge on any atom is 0.278 e. The molecule has 0 unspecified atom stereocenters. The van der Waals surface area contributed by atoms with Gasteiger partial charge in [0.2, 0.25) is 5.91 Å². The minimum absolute atomic E-state index is 0.00926. The van der Waals surface area contributed by atoms with E-state index in [-0.39, 0.29) is 36.4 Å². The zero-order valence-electron chi connectivity index (χ0n) is 22.4. The molecule has 5 rings (SSSR count).